The molecule has 0 aromatic carbocycles. The number of fused-ring (bicyclic) bond motifs is 1. The van der Waals surface area contributed by atoms with E-state index in [1.165, 1.54) is 11.8 Å². The first kappa shape index (κ1) is 20.4. The molecular formula is C22H28N6O2S. The number of hydrogen-bond acceptors (Lipinski definition) is 7. The highest BCUT2D eigenvalue weighted by Crippen LogP contribution is 2.36. The van der Waals surface area contributed by atoms with Crippen molar-refractivity contribution in [2.45, 2.75) is 55.5 Å². The molecule has 4 heterocycles. The van der Waals surface area contributed by atoms with Gasteiger partial charge in [-0.15, -0.1) is 0 Å². The molecule has 0 amide bonds. The fourth-order valence-corrected chi connectivity index (χ4v) is 5.77. The number of nitrogens with one attached hydrogen (secondary N) is 2. The Hall–Kier alpha value is -2.52. The molecule has 1 saturated carbocycles. The molecule has 3 aromatic heterocycles. The van der Waals surface area contributed by atoms with Crippen LogP contribution in [0.25, 0.3) is 11.0 Å². The minimum atomic E-state index is -3.36. The number of nitrogens with zero attached hydrogens (tertiary/aromatic N) is 4. The summed E-state index contributed by atoms with van der Waals surface area (Å²) in [4.78, 5) is 13.6. The molecule has 1 aliphatic carbocycles. The predicted octanol–water partition coefficient (Wildman–Crippen LogP) is 3.56. The van der Waals surface area contributed by atoms with E-state index in [-0.39, 0.29) is 6.04 Å². The minimum Gasteiger partial charge on any atom is -0.317 e. The molecule has 0 bridgehead atoms. The van der Waals surface area contributed by atoms with Crippen molar-refractivity contribution < 1.29 is 8.42 Å². The lowest BCUT2D eigenvalue weighted by atomic mass is 9.91. The van der Waals surface area contributed by atoms with Crippen LogP contribution in [0.4, 0.5) is 11.8 Å². The van der Waals surface area contributed by atoms with Crippen LogP contribution in [0.1, 0.15) is 56.0 Å². The van der Waals surface area contributed by atoms with Crippen molar-refractivity contribution >= 4 is 32.6 Å². The van der Waals surface area contributed by atoms with Crippen molar-refractivity contribution in [2.75, 3.05) is 24.7 Å². The Morgan fingerprint density at radius 3 is 2.52 bits per heavy atom. The molecule has 2 fully saturated rings. The molecular weight excluding hydrogens is 412 g/mol. The summed E-state index contributed by atoms with van der Waals surface area (Å²) in [5.74, 6) is 1.66. The third-order valence-electron chi connectivity index (χ3n) is 6.45. The number of hydrogen-bond donors (Lipinski definition) is 2. The Morgan fingerprint density at radius 2 is 1.84 bits per heavy atom. The summed E-state index contributed by atoms with van der Waals surface area (Å²) < 4.78 is 26.7. The summed E-state index contributed by atoms with van der Waals surface area (Å²) in [5.41, 5.74) is 1.92. The first-order valence-electron chi connectivity index (χ1n) is 11.0. The van der Waals surface area contributed by atoms with Crippen LogP contribution >= 0.6 is 0 Å². The second-order valence-electron chi connectivity index (χ2n) is 8.66. The van der Waals surface area contributed by atoms with Crippen LogP contribution in [-0.4, -0.2) is 47.3 Å². The molecule has 8 nitrogen and oxygen atoms in total. The van der Waals surface area contributed by atoms with E-state index in [2.05, 4.69) is 31.7 Å². The smallest absolute Gasteiger partial charge is 0.230 e. The standard InChI is InChI=1S/C22H28N6O2S/c1-31(29,30)20-12-17-14-25-22(27-21(17)28(20)18-4-2-3-5-18)26-19-7-6-16(13-24-19)15-8-10-23-11-9-15/h6-7,12-15,18,23H,2-5,8-11H2,1H3,(H,24,25,26,27). The topological polar surface area (TPSA) is 102 Å². The van der Waals surface area contributed by atoms with E-state index in [1.54, 1.807) is 12.3 Å². The highest BCUT2D eigenvalue weighted by atomic mass is 32.2. The molecule has 0 radical (unpaired) electrons. The van der Waals surface area contributed by atoms with Crippen molar-refractivity contribution in [3.8, 4) is 0 Å². The van der Waals surface area contributed by atoms with Gasteiger partial charge in [-0.05, 0) is 62.4 Å². The third-order valence-corrected chi connectivity index (χ3v) is 7.52. The van der Waals surface area contributed by atoms with Gasteiger partial charge in [0.25, 0.3) is 0 Å². The van der Waals surface area contributed by atoms with Crippen molar-refractivity contribution in [2.24, 2.45) is 0 Å². The average molecular weight is 441 g/mol. The van der Waals surface area contributed by atoms with Crippen molar-refractivity contribution in [3.63, 3.8) is 0 Å². The van der Waals surface area contributed by atoms with E-state index in [4.69, 9.17) is 0 Å². The minimum absolute atomic E-state index is 0.160. The molecule has 0 unspecified atom stereocenters. The van der Waals surface area contributed by atoms with Crippen LogP contribution in [0.5, 0.6) is 0 Å². The van der Waals surface area contributed by atoms with E-state index in [1.807, 2.05) is 16.8 Å². The van der Waals surface area contributed by atoms with Gasteiger partial charge < -0.3 is 15.2 Å². The monoisotopic (exact) mass is 440 g/mol. The Kier molecular flexibility index (Phi) is 5.39. The first-order chi connectivity index (χ1) is 15.0. The van der Waals surface area contributed by atoms with E-state index >= 15 is 0 Å². The van der Waals surface area contributed by atoms with Gasteiger partial charge >= 0.3 is 0 Å². The molecule has 9 heteroatoms. The molecule has 3 aromatic rings. The Labute approximate surface area is 182 Å². The van der Waals surface area contributed by atoms with Gasteiger partial charge in [0, 0.05) is 30.1 Å². The average Bonchev–Trinajstić information content (AvgIpc) is 3.42. The summed E-state index contributed by atoms with van der Waals surface area (Å²) in [5, 5.41) is 7.64. The lowest BCUT2D eigenvalue weighted by molar-refractivity contribution is 0.459. The van der Waals surface area contributed by atoms with Gasteiger partial charge in [0.1, 0.15) is 16.5 Å². The highest BCUT2D eigenvalue weighted by Gasteiger charge is 2.26. The number of pyridine rings is 1. The van der Waals surface area contributed by atoms with E-state index in [0.29, 0.717) is 28.4 Å². The zero-order valence-corrected chi connectivity index (χ0v) is 18.5. The van der Waals surface area contributed by atoms with Crippen LogP contribution in [0.3, 0.4) is 0 Å². The maximum Gasteiger partial charge on any atom is 0.230 e. The molecule has 164 valence electrons. The van der Waals surface area contributed by atoms with Crippen LogP contribution in [0.15, 0.2) is 35.6 Å². The van der Waals surface area contributed by atoms with Crippen LogP contribution in [0.2, 0.25) is 0 Å². The van der Waals surface area contributed by atoms with E-state index in [9.17, 15) is 8.42 Å². The normalized spacial score (nSPS) is 18.6. The number of sulfone groups is 1. The van der Waals surface area contributed by atoms with Gasteiger partial charge in [0.2, 0.25) is 5.95 Å². The van der Waals surface area contributed by atoms with E-state index in [0.717, 1.165) is 57.0 Å². The number of aromatic nitrogens is 4. The van der Waals surface area contributed by atoms with Gasteiger partial charge in [-0.25, -0.2) is 18.4 Å². The zero-order chi connectivity index (χ0) is 21.4. The van der Waals surface area contributed by atoms with Crippen LogP contribution in [0, 0.1) is 0 Å². The Bertz CT molecular complexity index is 1180. The number of anilines is 2. The summed E-state index contributed by atoms with van der Waals surface area (Å²) in [6.45, 7) is 2.10. The second-order valence-corrected chi connectivity index (χ2v) is 10.6. The Balaban J connectivity index is 1.45. The molecule has 0 spiro atoms. The SMILES string of the molecule is CS(=O)(=O)c1cc2cnc(Nc3ccc(C4CCNCC4)cn3)nc2n1C1CCCC1. The molecule has 1 saturated heterocycles. The van der Waals surface area contributed by atoms with Crippen LogP contribution in [-0.2, 0) is 9.84 Å². The lowest BCUT2D eigenvalue weighted by Crippen LogP contribution is -2.26. The van der Waals surface area contributed by atoms with Crippen molar-refractivity contribution in [1.82, 2.24) is 24.8 Å². The number of rotatable bonds is 5. The van der Waals surface area contributed by atoms with Gasteiger partial charge in [-0.1, -0.05) is 18.9 Å². The first-order valence-corrected chi connectivity index (χ1v) is 12.9. The number of piperidine rings is 1. The maximum absolute atomic E-state index is 12.4. The van der Waals surface area contributed by atoms with Gasteiger partial charge in [-0.3, -0.25) is 0 Å². The molecule has 2 N–H and O–H groups in total. The largest absolute Gasteiger partial charge is 0.317 e. The van der Waals surface area contributed by atoms with Crippen LogP contribution < -0.4 is 10.6 Å². The van der Waals surface area contributed by atoms with Crippen molar-refractivity contribution in [3.05, 3.63) is 36.2 Å². The van der Waals surface area contributed by atoms with Gasteiger partial charge in [-0.2, -0.15) is 4.98 Å². The maximum atomic E-state index is 12.4. The molecule has 1 aliphatic heterocycles. The predicted molar refractivity (Wildman–Crippen MR) is 121 cm³/mol. The summed E-state index contributed by atoms with van der Waals surface area (Å²) in [6, 6.07) is 5.93. The fraction of sp³-hybridized carbons (Fsp3) is 0.500. The molecule has 2 aliphatic rings. The van der Waals surface area contributed by atoms with Gasteiger partial charge in [0.15, 0.2) is 9.84 Å². The van der Waals surface area contributed by atoms with E-state index < -0.39 is 9.84 Å². The van der Waals surface area contributed by atoms with Crippen molar-refractivity contribution in [1.29, 1.82) is 0 Å². The fourth-order valence-electron chi connectivity index (χ4n) is 4.84. The molecule has 0 atom stereocenters. The summed E-state index contributed by atoms with van der Waals surface area (Å²) in [7, 11) is -3.36. The molecule has 5 rings (SSSR count). The second kappa shape index (κ2) is 8.20. The molecule has 31 heavy (non-hydrogen) atoms. The summed E-state index contributed by atoms with van der Waals surface area (Å²) >= 11 is 0. The van der Waals surface area contributed by atoms with Gasteiger partial charge in [0.05, 0.1) is 0 Å². The quantitative estimate of drug-likeness (QED) is 0.625. The summed E-state index contributed by atoms with van der Waals surface area (Å²) in [6.07, 6.45) is 11.3. The highest BCUT2D eigenvalue weighted by molar-refractivity contribution is 7.90. The zero-order valence-electron chi connectivity index (χ0n) is 17.7. The third kappa shape index (κ3) is 4.16. The lowest BCUT2D eigenvalue weighted by Gasteiger charge is -2.22. The Morgan fingerprint density at radius 1 is 1.06 bits per heavy atom.